The van der Waals surface area contributed by atoms with E-state index in [-0.39, 0.29) is 0 Å². The zero-order valence-corrected chi connectivity index (χ0v) is 10.2. The minimum Gasteiger partial charge on any atom is -0.383 e. The summed E-state index contributed by atoms with van der Waals surface area (Å²) in [7, 11) is 0. The maximum Gasteiger partial charge on any atom is 0.110 e. The third-order valence-corrected chi connectivity index (χ3v) is 3.76. The average molecular weight is 223 g/mol. The summed E-state index contributed by atoms with van der Waals surface area (Å²) in [5.74, 6) is 0.301. The van der Waals surface area contributed by atoms with Crippen LogP contribution in [0.1, 0.15) is 51.6 Å². The van der Waals surface area contributed by atoms with E-state index in [4.69, 9.17) is 0 Å². The Bertz CT molecular complexity index is 350. The van der Waals surface area contributed by atoms with Crippen molar-refractivity contribution in [2.45, 2.75) is 58.1 Å². The summed E-state index contributed by atoms with van der Waals surface area (Å²) in [4.78, 5) is 0. The third-order valence-electron chi connectivity index (χ3n) is 3.76. The minimum atomic E-state index is -0.711. The molecule has 2 rings (SSSR count). The highest BCUT2D eigenvalue weighted by molar-refractivity contribution is 5.11. The first-order valence-corrected chi connectivity index (χ1v) is 6.30. The average Bonchev–Trinajstić information content (AvgIpc) is 2.72. The molecule has 2 unspecified atom stereocenters. The molecule has 1 N–H and O–H groups in total. The van der Waals surface area contributed by atoms with Crippen molar-refractivity contribution in [3.05, 3.63) is 11.9 Å². The van der Waals surface area contributed by atoms with Crippen LogP contribution in [0.15, 0.2) is 6.20 Å². The monoisotopic (exact) mass is 223 g/mol. The van der Waals surface area contributed by atoms with Gasteiger partial charge in [-0.15, -0.1) is 5.10 Å². The Morgan fingerprint density at radius 1 is 1.56 bits per heavy atom. The molecule has 1 aliphatic carbocycles. The standard InChI is InChI=1S/C12H21N3O/c1-3-8-15-11(9-13-14-15)12(16)7-5-4-6-10(12)2/h9-10,16H,3-8H2,1-2H3. The van der Waals surface area contributed by atoms with Gasteiger partial charge >= 0.3 is 0 Å². The van der Waals surface area contributed by atoms with Crippen LogP contribution in [0.2, 0.25) is 0 Å². The molecule has 1 fully saturated rings. The van der Waals surface area contributed by atoms with E-state index in [1.165, 1.54) is 6.42 Å². The molecule has 90 valence electrons. The van der Waals surface area contributed by atoms with Gasteiger partial charge in [-0.25, -0.2) is 4.68 Å². The lowest BCUT2D eigenvalue weighted by atomic mass is 9.74. The van der Waals surface area contributed by atoms with E-state index in [1.54, 1.807) is 6.20 Å². The van der Waals surface area contributed by atoms with E-state index >= 15 is 0 Å². The van der Waals surface area contributed by atoms with Crippen LogP contribution in [-0.2, 0) is 12.1 Å². The lowest BCUT2D eigenvalue weighted by molar-refractivity contribution is -0.0541. The van der Waals surface area contributed by atoms with Gasteiger partial charge in [-0.2, -0.15) is 0 Å². The smallest absolute Gasteiger partial charge is 0.110 e. The Morgan fingerprint density at radius 3 is 3.06 bits per heavy atom. The van der Waals surface area contributed by atoms with Gasteiger partial charge in [0.15, 0.2) is 0 Å². The summed E-state index contributed by atoms with van der Waals surface area (Å²) in [6, 6.07) is 0. The fourth-order valence-electron chi connectivity index (χ4n) is 2.68. The van der Waals surface area contributed by atoms with E-state index < -0.39 is 5.60 Å². The highest BCUT2D eigenvalue weighted by Crippen LogP contribution is 2.40. The number of aliphatic hydroxyl groups is 1. The molecule has 0 amide bonds. The number of hydrogen-bond acceptors (Lipinski definition) is 3. The van der Waals surface area contributed by atoms with Gasteiger partial charge in [-0.3, -0.25) is 0 Å². The van der Waals surface area contributed by atoms with Gasteiger partial charge in [0.25, 0.3) is 0 Å². The number of rotatable bonds is 3. The lowest BCUT2D eigenvalue weighted by Gasteiger charge is -2.37. The lowest BCUT2D eigenvalue weighted by Crippen LogP contribution is -2.38. The Balaban J connectivity index is 2.29. The van der Waals surface area contributed by atoms with Gasteiger partial charge in [0.1, 0.15) is 5.60 Å². The highest BCUT2D eigenvalue weighted by Gasteiger charge is 2.40. The van der Waals surface area contributed by atoms with Crippen LogP contribution in [-0.4, -0.2) is 20.1 Å². The molecule has 0 aromatic carbocycles. The summed E-state index contributed by atoms with van der Waals surface area (Å²) >= 11 is 0. The van der Waals surface area contributed by atoms with Crippen molar-refractivity contribution in [2.24, 2.45) is 5.92 Å². The molecule has 1 heterocycles. The molecular formula is C12H21N3O. The quantitative estimate of drug-likeness (QED) is 0.853. The molecule has 2 atom stereocenters. The maximum atomic E-state index is 10.8. The van der Waals surface area contributed by atoms with Crippen molar-refractivity contribution in [3.63, 3.8) is 0 Å². The van der Waals surface area contributed by atoms with E-state index in [1.807, 2.05) is 4.68 Å². The molecule has 0 aliphatic heterocycles. The molecule has 4 nitrogen and oxygen atoms in total. The molecule has 1 aliphatic rings. The SMILES string of the molecule is CCCn1nncc1C1(O)CCCCC1C. The number of aromatic nitrogens is 3. The first-order valence-electron chi connectivity index (χ1n) is 6.30. The third kappa shape index (κ3) is 1.86. The van der Waals surface area contributed by atoms with E-state index in [9.17, 15) is 5.11 Å². The van der Waals surface area contributed by atoms with Crippen molar-refractivity contribution in [2.75, 3.05) is 0 Å². The molecular weight excluding hydrogens is 202 g/mol. The Labute approximate surface area is 96.7 Å². The van der Waals surface area contributed by atoms with Crippen LogP contribution in [0, 0.1) is 5.92 Å². The van der Waals surface area contributed by atoms with Gasteiger partial charge in [0, 0.05) is 6.54 Å². The van der Waals surface area contributed by atoms with Gasteiger partial charge in [-0.1, -0.05) is 31.9 Å². The van der Waals surface area contributed by atoms with E-state index in [2.05, 4.69) is 24.2 Å². The Morgan fingerprint density at radius 2 is 2.38 bits per heavy atom. The second-order valence-electron chi connectivity index (χ2n) is 4.91. The zero-order valence-electron chi connectivity index (χ0n) is 10.2. The molecule has 0 radical (unpaired) electrons. The summed E-state index contributed by atoms with van der Waals surface area (Å²) in [6.45, 7) is 5.08. The maximum absolute atomic E-state index is 10.8. The Kier molecular flexibility index (Phi) is 3.28. The largest absolute Gasteiger partial charge is 0.383 e. The van der Waals surface area contributed by atoms with Crippen LogP contribution in [0.4, 0.5) is 0 Å². The van der Waals surface area contributed by atoms with Crippen molar-refractivity contribution in [1.29, 1.82) is 0 Å². The number of aryl methyl sites for hydroxylation is 1. The topological polar surface area (TPSA) is 50.9 Å². The van der Waals surface area contributed by atoms with Crippen molar-refractivity contribution < 1.29 is 5.11 Å². The molecule has 1 saturated carbocycles. The summed E-state index contributed by atoms with van der Waals surface area (Å²) < 4.78 is 1.86. The Hall–Kier alpha value is -0.900. The van der Waals surface area contributed by atoms with E-state index in [0.717, 1.165) is 37.9 Å². The molecule has 0 bridgehead atoms. The predicted octanol–water partition coefficient (Wildman–Crippen LogP) is 2.09. The first-order chi connectivity index (χ1) is 7.68. The minimum absolute atomic E-state index is 0.301. The second-order valence-corrected chi connectivity index (χ2v) is 4.91. The summed E-state index contributed by atoms with van der Waals surface area (Å²) in [6.07, 6.45) is 6.99. The molecule has 16 heavy (non-hydrogen) atoms. The normalized spacial score (nSPS) is 30.6. The van der Waals surface area contributed by atoms with Crippen molar-refractivity contribution in [3.8, 4) is 0 Å². The molecule has 1 aromatic rings. The van der Waals surface area contributed by atoms with Gasteiger partial charge < -0.3 is 5.11 Å². The fourth-order valence-corrected chi connectivity index (χ4v) is 2.68. The summed E-state index contributed by atoms with van der Waals surface area (Å²) in [5, 5.41) is 18.8. The molecule has 0 spiro atoms. The number of nitrogens with zero attached hydrogens (tertiary/aromatic N) is 3. The molecule has 0 saturated heterocycles. The van der Waals surface area contributed by atoms with E-state index in [0.29, 0.717) is 5.92 Å². The number of hydrogen-bond donors (Lipinski definition) is 1. The highest BCUT2D eigenvalue weighted by atomic mass is 16.3. The first kappa shape index (κ1) is 11.6. The fraction of sp³-hybridized carbons (Fsp3) is 0.833. The van der Waals surface area contributed by atoms with Crippen LogP contribution >= 0.6 is 0 Å². The molecule has 4 heteroatoms. The second kappa shape index (κ2) is 4.53. The van der Waals surface area contributed by atoms with Gasteiger partial charge in [0.2, 0.25) is 0 Å². The van der Waals surface area contributed by atoms with Gasteiger partial charge in [-0.05, 0) is 25.2 Å². The van der Waals surface area contributed by atoms with Crippen LogP contribution in [0.25, 0.3) is 0 Å². The van der Waals surface area contributed by atoms with Crippen molar-refractivity contribution in [1.82, 2.24) is 15.0 Å². The van der Waals surface area contributed by atoms with Gasteiger partial charge in [0.05, 0.1) is 11.9 Å². The van der Waals surface area contributed by atoms with Crippen LogP contribution < -0.4 is 0 Å². The predicted molar refractivity (Wildman–Crippen MR) is 61.8 cm³/mol. The van der Waals surface area contributed by atoms with Crippen LogP contribution in [0.5, 0.6) is 0 Å². The van der Waals surface area contributed by atoms with Crippen LogP contribution in [0.3, 0.4) is 0 Å². The zero-order chi connectivity index (χ0) is 11.6. The molecule has 1 aromatic heterocycles. The summed E-state index contributed by atoms with van der Waals surface area (Å²) in [5.41, 5.74) is 0.193. The van der Waals surface area contributed by atoms with Crippen molar-refractivity contribution >= 4 is 0 Å².